The lowest BCUT2D eigenvalue weighted by molar-refractivity contribution is 0.139. The number of ether oxygens (including phenoxy) is 1. The van der Waals surface area contributed by atoms with E-state index in [1.54, 1.807) is 11.3 Å². The highest BCUT2D eigenvalue weighted by Crippen LogP contribution is 2.31. The Morgan fingerprint density at radius 1 is 1.12 bits per heavy atom. The second-order valence-corrected chi connectivity index (χ2v) is 8.14. The third-order valence-electron chi connectivity index (χ3n) is 5.15. The molecule has 0 amide bonds. The normalized spacial score (nSPS) is 16.4. The molecule has 0 spiro atoms. The van der Waals surface area contributed by atoms with Gasteiger partial charge < -0.3 is 9.64 Å². The van der Waals surface area contributed by atoms with Gasteiger partial charge in [0.25, 0.3) is 5.19 Å². The molecule has 4 nitrogen and oxygen atoms in total. The van der Waals surface area contributed by atoms with E-state index in [9.17, 15) is 0 Å². The van der Waals surface area contributed by atoms with Crippen LogP contribution in [0.25, 0.3) is 10.2 Å². The van der Waals surface area contributed by atoms with Crippen LogP contribution in [0.5, 0.6) is 10.9 Å². The van der Waals surface area contributed by atoms with E-state index >= 15 is 0 Å². The van der Waals surface area contributed by atoms with Gasteiger partial charge in [0.15, 0.2) is 0 Å². The second-order valence-electron chi connectivity index (χ2n) is 7.14. The van der Waals surface area contributed by atoms with Crippen LogP contribution in [0.1, 0.15) is 18.4 Å². The molecule has 0 radical (unpaired) electrons. The number of aromatic nitrogens is 1. The third-order valence-corrected chi connectivity index (χ3v) is 6.06. The first-order chi connectivity index (χ1) is 12.7. The summed E-state index contributed by atoms with van der Waals surface area (Å²) in [6, 6.07) is 17.2. The van der Waals surface area contributed by atoms with Crippen molar-refractivity contribution in [1.82, 2.24) is 14.8 Å². The Balaban J connectivity index is 1.37. The number of likely N-dealkylation sites (tertiary alicyclic amines) is 1. The fraction of sp³-hybridized carbons (Fsp3) is 0.381. The molecular formula is C21H25N3OS. The van der Waals surface area contributed by atoms with Gasteiger partial charge in [0, 0.05) is 12.6 Å². The van der Waals surface area contributed by atoms with Gasteiger partial charge in [0.1, 0.15) is 5.75 Å². The summed E-state index contributed by atoms with van der Waals surface area (Å²) in [7, 11) is 4.45. The molecule has 3 aromatic rings. The Kier molecular flexibility index (Phi) is 5.20. The molecule has 1 aliphatic heterocycles. The molecular weight excluding hydrogens is 342 g/mol. The van der Waals surface area contributed by atoms with Crippen LogP contribution in [-0.2, 0) is 6.54 Å². The molecule has 26 heavy (non-hydrogen) atoms. The van der Waals surface area contributed by atoms with Crippen molar-refractivity contribution in [1.29, 1.82) is 0 Å². The van der Waals surface area contributed by atoms with E-state index in [0.29, 0.717) is 11.2 Å². The van der Waals surface area contributed by atoms with Crippen LogP contribution < -0.4 is 4.74 Å². The third kappa shape index (κ3) is 4.06. The van der Waals surface area contributed by atoms with E-state index in [-0.39, 0.29) is 0 Å². The Morgan fingerprint density at radius 2 is 1.85 bits per heavy atom. The van der Waals surface area contributed by atoms with Crippen LogP contribution in [0.4, 0.5) is 0 Å². The lowest BCUT2D eigenvalue weighted by Crippen LogP contribution is -2.41. The van der Waals surface area contributed by atoms with Gasteiger partial charge in [-0.1, -0.05) is 35.6 Å². The number of hydrogen-bond acceptors (Lipinski definition) is 5. The van der Waals surface area contributed by atoms with Gasteiger partial charge in [-0.25, -0.2) is 4.98 Å². The number of piperidine rings is 1. The SMILES string of the molecule is CN1CCC(N(C)Cc2ccc(Oc3nc4ccccc4s3)cc2)CC1. The highest BCUT2D eigenvalue weighted by atomic mass is 32.1. The summed E-state index contributed by atoms with van der Waals surface area (Å²) in [5.41, 5.74) is 2.31. The molecule has 2 aromatic carbocycles. The number of hydrogen-bond donors (Lipinski definition) is 0. The summed E-state index contributed by atoms with van der Waals surface area (Å²) in [4.78, 5) is 9.43. The van der Waals surface area contributed by atoms with E-state index in [1.165, 1.54) is 31.5 Å². The fourth-order valence-electron chi connectivity index (χ4n) is 3.51. The van der Waals surface area contributed by atoms with Gasteiger partial charge in [-0.3, -0.25) is 4.90 Å². The molecule has 1 aromatic heterocycles. The largest absolute Gasteiger partial charge is 0.431 e. The molecule has 1 aliphatic rings. The summed E-state index contributed by atoms with van der Waals surface area (Å²) in [6.07, 6.45) is 2.51. The van der Waals surface area contributed by atoms with Gasteiger partial charge in [-0.05, 0) is 69.9 Å². The fourth-order valence-corrected chi connectivity index (χ4v) is 4.35. The predicted octanol–water partition coefficient (Wildman–Crippen LogP) is 4.61. The lowest BCUT2D eigenvalue weighted by atomic mass is 10.0. The summed E-state index contributed by atoms with van der Waals surface area (Å²) < 4.78 is 7.09. The molecule has 0 N–H and O–H groups in total. The standard InChI is InChI=1S/C21H25N3OS/c1-23-13-11-17(12-14-23)24(2)15-16-7-9-18(10-8-16)25-21-22-19-5-3-4-6-20(19)26-21/h3-10,17H,11-15H2,1-2H3. The van der Waals surface area contributed by atoms with Crippen molar-refractivity contribution in [2.45, 2.75) is 25.4 Å². The van der Waals surface area contributed by atoms with E-state index in [0.717, 1.165) is 22.5 Å². The molecule has 1 saturated heterocycles. The van der Waals surface area contributed by atoms with Crippen LogP contribution in [0.15, 0.2) is 48.5 Å². The van der Waals surface area contributed by atoms with Crippen molar-refractivity contribution in [3.05, 3.63) is 54.1 Å². The Morgan fingerprint density at radius 3 is 2.58 bits per heavy atom. The Labute approximate surface area is 159 Å². The van der Waals surface area contributed by atoms with Crippen LogP contribution in [-0.4, -0.2) is 48.0 Å². The summed E-state index contributed by atoms with van der Waals surface area (Å²) >= 11 is 1.58. The van der Waals surface area contributed by atoms with Crippen molar-refractivity contribution >= 4 is 21.6 Å². The minimum Gasteiger partial charge on any atom is -0.431 e. The molecule has 2 heterocycles. The molecule has 4 rings (SSSR count). The highest BCUT2D eigenvalue weighted by Gasteiger charge is 2.20. The zero-order valence-electron chi connectivity index (χ0n) is 15.4. The maximum Gasteiger partial charge on any atom is 0.279 e. The van der Waals surface area contributed by atoms with Crippen LogP contribution in [0, 0.1) is 0 Å². The average Bonchev–Trinajstić information content (AvgIpc) is 3.06. The summed E-state index contributed by atoms with van der Waals surface area (Å²) in [5, 5.41) is 0.697. The highest BCUT2D eigenvalue weighted by molar-refractivity contribution is 7.20. The summed E-state index contributed by atoms with van der Waals surface area (Å²) in [6.45, 7) is 3.38. The lowest BCUT2D eigenvalue weighted by Gasteiger charge is -2.35. The maximum absolute atomic E-state index is 5.94. The second kappa shape index (κ2) is 7.74. The van der Waals surface area contributed by atoms with E-state index in [4.69, 9.17) is 4.74 Å². The molecule has 0 bridgehead atoms. The summed E-state index contributed by atoms with van der Waals surface area (Å²) in [5.74, 6) is 0.842. The number of nitrogens with zero attached hydrogens (tertiary/aromatic N) is 3. The first kappa shape index (κ1) is 17.5. The maximum atomic E-state index is 5.94. The van der Waals surface area contributed by atoms with Crippen molar-refractivity contribution in [2.24, 2.45) is 0 Å². The topological polar surface area (TPSA) is 28.6 Å². The van der Waals surface area contributed by atoms with E-state index in [1.807, 2.05) is 30.3 Å². The van der Waals surface area contributed by atoms with Crippen molar-refractivity contribution in [3.63, 3.8) is 0 Å². The van der Waals surface area contributed by atoms with Crippen molar-refractivity contribution in [2.75, 3.05) is 27.2 Å². The monoisotopic (exact) mass is 367 g/mol. The molecule has 0 unspecified atom stereocenters. The minimum atomic E-state index is 0.685. The molecule has 5 heteroatoms. The predicted molar refractivity (Wildman–Crippen MR) is 108 cm³/mol. The average molecular weight is 368 g/mol. The number of rotatable bonds is 5. The van der Waals surface area contributed by atoms with Crippen molar-refractivity contribution in [3.8, 4) is 10.9 Å². The zero-order valence-corrected chi connectivity index (χ0v) is 16.2. The zero-order chi connectivity index (χ0) is 17.9. The van der Waals surface area contributed by atoms with E-state index in [2.05, 4.69) is 47.1 Å². The number of benzene rings is 2. The quantitative estimate of drug-likeness (QED) is 0.658. The van der Waals surface area contributed by atoms with Gasteiger partial charge in [0.2, 0.25) is 0 Å². The molecule has 0 atom stereocenters. The van der Waals surface area contributed by atoms with Crippen LogP contribution in [0.2, 0.25) is 0 Å². The molecule has 136 valence electrons. The van der Waals surface area contributed by atoms with Gasteiger partial charge in [-0.2, -0.15) is 0 Å². The Bertz CT molecular complexity index is 820. The molecule has 0 aliphatic carbocycles. The first-order valence-electron chi connectivity index (χ1n) is 9.18. The smallest absolute Gasteiger partial charge is 0.279 e. The first-order valence-corrected chi connectivity index (χ1v) is 10.0. The van der Waals surface area contributed by atoms with Gasteiger partial charge in [-0.15, -0.1) is 0 Å². The number of thiazole rings is 1. The van der Waals surface area contributed by atoms with Crippen molar-refractivity contribution < 1.29 is 4.74 Å². The van der Waals surface area contributed by atoms with Crippen LogP contribution >= 0.6 is 11.3 Å². The number of para-hydroxylation sites is 1. The van der Waals surface area contributed by atoms with Gasteiger partial charge >= 0.3 is 0 Å². The number of fused-ring (bicyclic) bond motifs is 1. The Hall–Kier alpha value is -1.95. The van der Waals surface area contributed by atoms with Crippen LogP contribution in [0.3, 0.4) is 0 Å². The molecule has 0 saturated carbocycles. The van der Waals surface area contributed by atoms with E-state index < -0.39 is 0 Å². The van der Waals surface area contributed by atoms with Gasteiger partial charge in [0.05, 0.1) is 10.2 Å². The minimum absolute atomic E-state index is 0.685. The molecule has 1 fully saturated rings.